The summed E-state index contributed by atoms with van der Waals surface area (Å²) >= 11 is 0. The standard InChI is InChI=1S/C14H18N2O2S/c1-3-16(19(17,18)4-2)11-13-10-9-12-7-5-6-8-14(12)15-13/h5-10H,3-4,11H2,1-2H3. The molecule has 5 heteroatoms. The van der Waals surface area contributed by atoms with E-state index in [1.54, 1.807) is 6.92 Å². The molecule has 0 bridgehead atoms. The van der Waals surface area contributed by atoms with Crippen LogP contribution in [-0.4, -0.2) is 30.0 Å². The Morgan fingerprint density at radius 1 is 1.11 bits per heavy atom. The molecule has 1 aromatic heterocycles. The van der Waals surface area contributed by atoms with E-state index in [0.717, 1.165) is 16.6 Å². The van der Waals surface area contributed by atoms with Gasteiger partial charge >= 0.3 is 0 Å². The van der Waals surface area contributed by atoms with E-state index in [9.17, 15) is 8.42 Å². The zero-order valence-electron chi connectivity index (χ0n) is 11.2. The third kappa shape index (κ3) is 3.11. The Kier molecular flexibility index (Phi) is 4.17. The fraction of sp³-hybridized carbons (Fsp3) is 0.357. The molecule has 0 radical (unpaired) electrons. The summed E-state index contributed by atoms with van der Waals surface area (Å²) in [5.41, 5.74) is 1.67. The molecule has 4 nitrogen and oxygen atoms in total. The smallest absolute Gasteiger partial charge is 0.214 e. The lowest BCUT2D eigenvalue weighted by molar-refractivity contribution is 0.420. The molecule has 2 rings (SSSR count). The second kappa shape index (κ2) is 5.67. The molecule has 0 fully saturated rings. The first kappa shape index (κ1) is 14.0. The molecular formula is C14H18N2O2S. The second-order valence-corrected chi connectivity index (χ2v) is 6.58. The van der Waals surface area contributed by atoms with Crippen LogP contribution in [0.4, 0.5) is 0 Å². The van der Waals surface area contributed by atoms with E-state index in [2.05, 4.69) is 4.98 Å². The molecule has 0 saturated heterocycles. The summed E-state index contributed by atoms with van der Waals surface area (Å²) in [4.78, 5) is 4.50. The van der Waals surface area contributed by atoms with Crippen LogP contribution >= 0.6 is 0 Å². The van der Waals surface area contributed by atoms with Gasteiger partial charge < -0.3 is 0 Å². The summed E-state index contributed by atoms with van der Waals surface area (Å²) in [5, 5.41) is 1.06. The Hall–Kier alpha value is -1.46. The Balaban J connectivity index is 2.30. The highest BCUT2D eigenvalue weighted by atomic mass is 32.2. The van der Waals surface area contributed by atoms with Crippen molar-refractivity contribution in [3.8, 4) is 0 Å². The predicted octanol–water partition coefficient (Wildman–Crippen LogP) is 2.41. The third-order valence-electron chi connectivity index (χ3n) is 3.11. The maximum absolute atomic E-state index is 11.9. The van der Waals surface area contributed by atoms with E-state index < -0.39 is 10.0 Å². The molecule has 0 aliphatic carbocycles. The number of rotatable bonds is 5. The maximum atomic E-state index is 11.9. The fourth-order valence-corrected chi connectivity index (χ4v) is 3.05. The van der Waals surface area contributed by atoms with Crippen molar-refractivity contribution in [2.45, 2.75) is 20.4 Å². The van der Waals surface area contributed by atoms with E-state index in [1.165, 1.54) is 4.31 Å². The van der Waals surface area contributed by atoms with Gasteiger partial charge in [-0.1, -0.05) is 31.2 Å². The number of aromatic nitrogens is 1. The molecule has 0 aliphatic heterocycles. The molecule has 0 aliphatic rings. The van der Waals surface area contributed by atoms with Crippen LogP contribution in [0.5, 0.6) is 0 Å². The van der Waals surface area contributed by atoms with E-state index in [0.29, 0.717) is 13.1 Å². The van der Waals surface area contributed by atoms with Crippen LogP contribution in [0.25, 0.3) is 10.9 Å². The monoisotopic (exact) mass is 278 g/mol. The van der Waals surface area contributed by atoms with Crippen molar-refractivity contribution in [3.05, 3.63) is 42.1 Å². The molecule has 1 heterocycles. The van der Waals surface area contributed by atoms with Gasteiger partial charge in [-0.3, -0.25) is 4.98 Å². The molecule has 2 aromatic rings. The van der Waals surface area contributed by atoms with E-state index >= 15 is 0 Å². The van der Waals surface area contributed by atoms with Gasteiger partial charge in [-0.2, -0.15) is 4.31 Å². The number of hydrogen-bond acceptors (Lipinski definition) is 3. The summed E-state index contributed by atoms with van der Waals surface area (Å²) in [7, 11) is -3.17. The van der Waals surface area contributed by atoms with Crippen LogP contribution in [0.15, 0.2) is 36.4 Å². The number of sulfonamides is 1. The first-order chi connectivity index (χ1) is 9.06. The quantitative estimate of drug-likeness (QED) is 0.844. The molecule has 0 spiro atoms. The van der Waals surface area contributed by atoms with Crippen LogP contribution < -0.4 is 0 Å². The lowest BCUT2D eigenvalue weighted by Gasteiger charge is -2.19. The third-order valence-corrected chi connectivity index (χ3v) is 5.01. The van der Waals surface area contributed by atoms with Crippen molar-refractivity contribution in [3.63, 3.8) is 0 Å². The highest BCUT2D eigenvalue weighted by molar-refractivity contribution is 7.89. The van der Waals surface area contributed by atoms with E-state index in [-0.39, 0.29) is 5.75 Å². The van der Waals surface area contributed by atoms with Crippen molar-refractivity contribution in [1.29, 1.82) is 0 Å². The lowest BCUT2D eigenvalue weighted by Crippen LogP contribution is -2.31. The SMILES string of the molecule is CCN(Cc1ccc2ccccc2n1)S(=O)(=O)CC. The minimum absolute atomic E-state index is 0.119. The first-order valence-electron chi connectivity index (χ1n) is 6.39. The van der Waals surface area contributed by atoms with Gasteiger partial charge in [0.25, 0.3) is 0 Å². The van der Waals surface area contributed by atoms with Crippen LogP contribution in [0.3, 0.4) is 0 Å². The summed E-state index contributed by atoms with van der Waals surface area (Å²) in [6, 6.07) is 11.7. The Morgan fingerprint density at radius 2 is 1.84 bits per heavy atom. The summed E-state index contributed by atoms with van der Waals surface area (Å²) < 4.78 is 25.3. The minimum Gasteiger partial charge on any atom is -0.251 e. The van der Waals surface area contributed by atoms with Gasteiger partial charge in [-0.15, -0.1) is 0 Å². The largest absolute Gasteiger partial charge is 0.251 e. The molecule has 0 unspecified atom stereocenters. The van der Waals surface area contributed by atoms with Gasteiger partial charge in [0.05, 0.1) is 23.5 Å². The van der Waals surface area contributed by atoms with Gasteiger partial charge in [0.15, 0.2) is 0 Å². The van der Waals surface area contributed by atoms with Gasteiger partial charge in [0, 0.05) is 11.9 Å². The first-order valence-corrected chi connectivity index (χ1v) is 8.00. The van der Waals surface area contributed by atoms with Crippen LogP contribution in [0.2, 0.25) is 0 Å². The number of hydrogen-bond donors (Lipinski definition) is 0. The van der Waals surface area contributed by atoms with Gasteiger partial charge in [-0.25, -0.2) is 8.42 Å². The zero-order chi connectivity index (χ0) is 13.9. The Bertz CT molecular complexity index is 668. The fourth-order valence-electron chi connectivity index (χ4n) is 1.97. The summed E-state index contributed by atoms with van der Waals surface area (Å²) in [6.45, 7) is 4.29. The van der Waals surface area contributed by atoms with Gasteiger partial charge in [0.1, 0.15) is 0 Å². The number of nitrogens with zero attached hydrogens (tertiary/aromatic N) is 2. The number of fused-ring (bicyclic) bond motifs is 1. The number of pyridine rings is 1. The number of para-hydroxylation sites is 1. The zero-order valence-corrected chi connectivity index (χ0v) is 12.0. The van der Waals surface area contributed by atoms with Gasteiger partial charge in [0.2, 0.25) is 10.0 Å². The molecule has 1 aromatic carbocycles. The Labute approximate surface area is 114 Å². The minimum atomic E-state index is -3.17. The summed E-state index contributed by atoms with van der Waals surface area (Å²) in [5.74, 6) is 0.119. The molecule has 0 amide bonds. The van der Waals surface area contributed by atoms with Crippen molar-refractivity contribution >= 4 is 20.9 Å². The van der Waals surface area contributed by atoms with Gasteiger partial charge in [-0.05, 0) is 19.1 Å². The number of benzene rings is 1. The average molecular weight is 278 g/mol. The van der Waals surface area contributed by atoms with Crippen molar-refractivity contribution in [2.24, 2.45) is 0 Å². The molecule has 0 saturated carbocycles. The van der Waals surface area contributed by atoms with Crippen molar-refractivity contribution in [2.75, 3.05) is 12.3 Å². The average Bonchev–Trinajstić information content (AvgIpc) is 2.44. The Morgan fingerprint density at radius 3 is 2.53 bits per heavy atom. The predicted molar refractivity (Wildman–Crippen MR) is 77.3 cm³/mol. The van der Waals surface area contributed by atoms with E-state index in [4.69, 9.17) is 0 Å². The highest BCUT2D eigenvalue weighted by Gasteiger charge is 2.18. The molecule has 0 N–H and O–H groups in total. The topological polar surface area (TPSA) is 50.3 Å². The van der Waals surface area contributed by atoms with Crippen LogP contribution in [-0.2, 0) is 16.6 Å². The maximum Gasteiger partial charge on any atom is 0.214 e. The molecular weight excluding hydrogens is 260 g/mol. The van der Waals surface area contributed by atoms with Crippen molar-refractivity contribution in [1.82, 2.24) is 9.29 Å². The highest BCUT2D eigenvalue weighted by Crippen LogP contribution is 2.14. The molecule has 0 atom stereocenters. The summed E-state index contributed by atoms with van der Waals surface area (Å²) in [6.07, 6.45) is 0. The molecule has 102 valence electrons. The van der Waals surface area contributed by atoms with Crippen LogP contribution in [0.1, 0.15) is 19.5 Å². The lowest BCUT2D eigenvalue weighted by atomic mass is 10.2. The normalized spacial score (nSPS) is 12.2. The molecule has 19 heavy (non-hydrogen) atoms. The second-order valence-electron chi connectivity index (χ2n) is 4.32. The van der Waals surface area contributed by atoms with E-state index in [1.807, 2.05) is 43.3 Å². The van der Waals surface area contributed by atoms with Crippen molar-refractivity contribution < 1.29 is 8.42 Å². The van der Waals surface area contributed by atoms with Crippen LogP contribution in [0, 0.1) is 0 Å².